The van der Waals surface area contributed by atoms with Crippen LogP contribution >= 0.6 is 0 Å². The van der Waals surface area contributed by atoms with E-state index in [1.54, 1.807) is 12.1 Å². The highest BCUT2D eigenvalue weighted by Crippen LogP contribution is 2.20. The molecule has 0 unspecified atom stereocenters. The molecular weight excluding hydrogens is 262 g/mol. The molecule has 0 aromatic heterocycles. The predicted molar refractivity (Wildman–Crippen MR) is 85.9 cm³/mol. The van der Waals surface area contributed by atoms with E-state index in [1.165, 1.54) is 0 Å². The van der Waals surface area contributed by atoms with E-state index < -0.39 is 0 Å². The van der Waals surface area contributed by atoms with Gasteiger partial charge in [0, 0.05) is 5.69 Å². The van der Waals surface area contributed by atoms with E-state index in [2.05, 4.69) is 11.9 Å². The number of carbonyl (C=O) groups is 1. The second-order valence-corrected chi connectivity index (χ2v) is 5.06. The first-order chi connectivity index (χ1) is 10.1. The van der Waals surface area contributed by atoms with Crippen molar-refractivity contribution >= 4 is 11.6 Å². The molecule has 0 heterocycles. The van der Waals surface area contributed by atoms with Crippen LogP contribution in [-0.4, -0.2) is 12.5 Å². The molecule has 1 amide bonds. The molecule has 0 saturated heterocycles. The average Bonchev–Trinajstić information content (AvgIpc) is 2.47. The Balaban J connectivity index is 2.14. The third-order valence-electron chi connectivity index (χ3n) is 2.92. The number of aryl methyl sites for hydroxylation is 1. The van der Waals surface area contributed by atoms with Crippen molar-refractivity contribution in [1.82, 2.24) is 0 Å². The smallest absolute Gasteiger partial charge is 0.259 e. The molecule has 0 radical (unpaired) electrons. The van der Waals surface area contributed by atoms with Gasteiger partial charge in [-0.3, -0.25) is 4.79 Å². The van der Waals surface area contributed by atoms with Gasteiger partial charge in [0.15, 0.2) is 0 Å². The summed E-state index contributed by atoms with van der Waals surface area (Å²) in [6.45, 7) is 8.08. The normalized spacial score (nSPS) is 10.0. The maximum Gasteiger partial charge on any atom is 0.259 e. The van der Waals surface area contributed by atoms with Crippen LogP contribution in [0.25, 0.3) is 0 Å². The molecule has 108 valence electrons. The number of anilines is 1. The molecule has 2 aromatic rings. The molecule has 1 N–H and O–H groups in total. The standard InChI is InChI=1S/C18H19NO2/c1-13(2)12-21-17-7-5-4-6-16(17)18(20)19-15-10-8-14(3)9-11-15/h4-11H,1,12H2,2-3H3,(H,19,20). The van der Waals surface area contributed by atoms with Crippen molar-refractivity contribution in [3.63, 3.8) is 0 Å². The van der Waals surface area contributed by atoms with Crippen LogP contribution < -0.4 is 10.1 Å². The Labute approximate surface area is 125 Å². The van der Waals surface area contributed by atoms with Crippen molar-refractivity contribution in [3.8, 4) is 5.75 Å². The molecule has 0 aliphatic carbocycles. The Hall–Kier alpha value is -2.55. The maximum absolute atomic E-state index is 12.4. The van der Waals surface area contributed by atoms with Crippen molar-refractivity contribution in [3.05, 3.63) is 71.8 Å². The second kappa shape index (κ2) is 6.75. The number of ether oxygens (including phenoxy) is 1. The van der Waals surface area contributed by atoms with Gasteiger partial charge in [0.25, 0.3) is 5.91 Å². The van der Waals surface area contributed by atoms with Crippen molar-refractivity contribution in [2.45, 2.75) is 13.8 Å². The predicted octanol–water partition coefficient (Wildman–Crippen LogP) is 4.20. The lowest BCUT2D eigenvalue weighted by Gasteiger charge is -2.11. The van der Waals surface area contributed by atoms with Crippen LogP contribution in [0.15, 0.2) is 60.7 Å². The van der Waals surface area contributed by atoms with Crippen molar-refractivity contribution in [1.29, 1.82) is 0 Å². The summed E-state index contributed by atoms with van der Waals surface area (Å²) in [5.41, 5.74) is 3.33. The van der Waals surface area contributed by atoms with Gasteiger partial charge >= 0.3 is 0 Å². The molecule has 3 nitrogen and oxygen atoms in total. The summed E-state index contributed by atoms with van der Waals surface area (Å²) in [4.78, 5) is 12.4. The van der Waals surface area contributed by atoms with E-state index in [9.17, 15) is 4.79 Å². The third kappa shape index (κ3) is 4.21. The van der Waals surface area contributed by atoms with E-state index in [-0.39, 0.29) is 5.91 Å². The molecule has 0 saturated carbocycles. The molecule has 0 fully saturated rings. The van der Waals surface area contributed by atoms with Gasteiger partial charge in [-0.25, -0.2) is 0 Å². The minimum absolute atomic E-state index is 0.184. The Morgan fingerprint density at radius 1 is 1.14 bits per heavy atom. The fourth-order valence-corrected chi connectivity index (χ4v) is 1.82. The molecular formula is C18H19NO2. The monoisotopic (exact) mass is 281 g/mol. The Morgan fingerprint density at radius 2 is 1.81 bits per heavy atom. The lowest BCUT2D eigenvalue weighted by Crippen LogP contribution is -2.14. The zero-order chi connectivity index (χ0) is 15.2. The zero-order valence-corrected chi connectivity index (χ0v) is 12.3. The van der Waals surface area contributed by atoms with Crippen molar-refractivity contribution in [2.24, 2.45) is 0 Å². The Kier molecular flexibility index (Phi) is 4.77. The molecule has 0 aliphatic heterocycles. The first-order valence-corrected chi connectivity index (χ1v) is 6.80. The highest BCUT2D eigenvalue weighted by atomic mass is 16.5. The number of hydrogen-bond acceptors (Lipinski definition) is 2. The fraction of sp³-hybridized carbons (Fsp3) is 0.167. The summed E-state index contributed by atoms with van der Waals surface area (Å²) in [6.07, 6.45) is 0. The quantitative estimate of drug-likeness (QED) is 0.834. The van der Waals surface area contributed by atoms with E-state index >= 15 is 0 Å². The summed E-state index contributed by atoms with van der Waals surface area (Å²) in [7, 11) is 0. The van der Waals surface area contributed by atoms with Gasteiger partial charge in [-0.15, -0.1) is 0 Å². The van der Waals surface area contributed by atoms with Gasteiger partial charge in [-0.2, -0.15) is 0 Å². The van der Waals surface area contributed by atoms with Crippen LogP contribution in [0.3, 0.4) is 0 Å². The number of amides is 1. The minimum Gasteiger partial charge on any atom is -0.488 e. The molecule has 0 spiro atoms. The number of hydrogen-bond donors (Lipinski definition) is 1. The number of benzene rings is 2. The van der Waals surface area contributed by atoms with E-state index in [4.69, 9.17) is 4.74 Å². The van der Waals surface area contributed by atoms with Gasteiger partial charge in [0.2, 0.25) is 0 Å². The minimum atomic E-state index is -0.184. The summed E-state index contributed by atoms with van der Waals surface area (Å²) in [5, 5.41) is 2.87. The zero-order valence-electron chi connectivity index (χ0n) is 12.3. The first-order valence-electron chi connectivity index (χ1n) is 6.80. The number of carbonyl (C=O) groups excluding carboxylic acids is 1. The van der Waals surface area contributed by atoms with Crippen LogP contribution in [0, 0.1) is 6.92 Å². The van der Waals surface area contributed by atoms with Crippen LogP contribution in [0.1, 0.15) is 22.8 Å². The van der Waals surface area contributed by atoms with Gasteiger partial charge in [-0.1, -0.05) is 36.4 Å². The largest absolute Gasteiger partial charge is 0.488 e. The lowest BCUT2D eigenvalue weighted by molar-refractivity contribution is 0.102. The summed E-state index contributed by atoms with van der Waals surface area (Å²) in [5.74, 6) is 0.376. The third-order valence-corrected chi connectivity index (χ3v) is 2.92. The molecule has 2 rings (SSSR count). The molecule has 0 atom stereocenters. The van der Waals surface area contributed by atoms with Crippen LogP contribution in [0.5, 0.6) is 5.75 Å². The van der Waals surface area contributed by atoms with Crippen molar-refractivity contribution < 1.29 is 9.53 Å². The fourth-order valence-electron chi connectivity index (χ4n) is 1.82. The van der Waals surface area contributed by atoms with Gasteiger partial charge in [0.05, 0.1) is 5.56 Å². The highest BCUT2D eigenvalue weighted by molar-refractivity contribution is 6.06. The maximum atomic E-state index is 12.4. The summed E-state index contributed by atoms with van der Waals surface area (Å²) >= 11 is 0. The Bertz CT molecular complexity index is 645. The van der Waals surface area contributed by atoms with Crippen LogP contribution in [0.2, 0.25) is 0 Å². The molecule has 0 bridgehead atoms. The van der Waals surface area contributed by atoms with E-state index in [1.807, 2.05) is 50.2 Å². The number of rotatable bonds is 5. The van der Waals surface area contributed by atoms with Gasteiger partial charge < -0.3 is 10.1 Å². The van der Waals surface area contributed by atoms with Crippen LogP contribution in [-0.2, 0) is 0 Å². The van der Waals surface area contributed by atoms with E-state index in [0.29, 0.717) is 17.9 Å². The number of nitrogens with one attached hydrogen (secondary N) is 1. The van der Waals surface area contributed by atoms with E-state index in [0.717, 1.165) is 16.8 Å². The molecule has 2 aromatic carbocycles. The average molecular weight is 281 g/mol. The topological polar surface area (TPSA) is 38.3 Å². The molecule has 0 aliphatic rings. The number of para-hydroxylation sites is 1. The molecule has 3 heteroatoms. The highest BCUT2D eigenvalue weighted by Gasteiger charge is 2.12. The van der Waals surface area contributed by atoms with Crippen LogP contribution in [0.4, 0.5) is 5.69 Å². The first kappa shape index (κ1) is 14.9. The van der Waals surface area contributed by atoms with Crippen molar-refractivity contribution in [2.75, 3.05) is 11.9 Å². The lowest BCUT2D eigenvalue weighted by atomic mass is 10.1. The Morgan fingerprint density at radius 3 is 2.48 bits per heavy atom. The van der Waals surface area contributed by atoms with Gasteiger partial charge in [-0.05, 0) is 43.7 Å². The SMILES string of the molecule is C=C(C)COc1ccccc1C(=O)Nc1ccc(C)cc1. The summed E-state index contributed by atoms with van der Waals surface area (Å²) < 4.78 is 5.62. The van der Waals surface area contributed by atoms with Gasteiger partial charge in [0.1, 0.15) is 12.4 Å². The summed E-state index contributed by atoms with van der Waals surface area (Å²) in [6, 6.07) is 14.9. The second-order valence-electron chi connectivity index (χ2n) is 5.06. The molecule has 21 heavy (non-hydrogen) atoms.